The van der Waals surface area contributed by atoms with Crippen LogP contribution in [0.4, 0.5) is 5.69 Å². The van der Waals surface area contributed by atoms with E-state index < -0.39 is 0 Å². The number of anilines is 1. The van der Waals surface area contributed by atoms with Gasteiger partial charge >= 0.3 is 0 Å². The van der Waals surface area contributed by atoms with E-state index in [1.807, 2.05) is 18.2 Å². The molecular weight excluding hydrogens is 204 g/mol. The summed E-state index contributed by atoms with van der Waals surface area (Å²) in [6.07, 6.45) is 2.34. The third-order valence-corrected chi connectivity index (χ3v) is 2.94. The number of aromatic nitrogens is 1. The van der Waals surface area contributed by atoms with Crippen molar-refractivity contribution in [3.63, 3.8) is 0 Å². The van der Waals surface area contributed by atoms with E-state index in [0.717, 1.165) is 23.9 Å². The molecule has 0 amide bonds. The van der Waals surface area contributed by atoms with Gasteiger partial charge in [-0.25, -0.2) is 4.98 Å². The zero-order valence-corrected chi connectivity index (χ0v) is 9.14. The Labute approximate surface area is 93.4 Å². The molecule has 1 aromatic heterocycles. The van der Waals surface area contributed by atoms with E-state index in [2.05, 4.69) is 11.9 Å². The molecule has 2 atom stereocenters. The van der Waals surface area contributed by atoms with Crippen LogP contribution < -0.4 is 5.73 Å². The van der Waals surface area contributed by atoms with Gasteiger partial charge in [0.25, 0.3) is 0 Å². The quantitative estimate of drug-likeness (QED) is 0.747. The van der Waals surface area contributed by atoms with E-state index in [1.165, 1.54) is 0 Å². The van der Waals surface area contributed by atoms with E-state index in [-0.39, 0.29) is 6.10 Å². The Morgan fingerprint density at radius 3 is 3.00 bits per heavy atom. The van der Waals surface area contributed by atoms with Crippen molar-refractivity contribution in [2.45, 2.75) is 32.0 Å². The normalized spacial score (nSPS) is 25.3. The minimum absolute atomic E-state index is 0.00336. The topological polar surface area (TPSA) is 61.3 Å². The monoisotopic (exact) mass is 218 g/mol. The number of nitrogen functional groups attached to an aromatic ring is 1. The van der Waals surface area contributed by atoms with Gasteiger partial charge in [-0.2, -0.15) is 0 Å². The van der Waals surface area contributed by atoms with Gasteiger partial charge in [-0.1, -0.05) is 0 Å². The third kappa shape index (κ3) is 1.55. The average Bonchev–Trinajstić information content (AvgIpc) is 2.83. The Kier molecular flexibility index (Phi) is 2.11. The smallest absolute Gasteiger partial charge is 0.224 e. The molecule has 16 heavy (non-hydrogen) atoms. The lowest BCUT2D eigenvalue weighted by Crippen LogP contribution is -2.00. The summed E-state index contributed by atoms with van der Waals surface area (Å²) >= 11 is 0. The van der Waals surface area contributed by atoms with Gasteiger partial charge in [-0.3, -0.25) is 0 Å². The van der Waals surface area contributed by atoms with Crippen molar-refractivity contribution >= 4 is 16.8 Å². The van der Waals surface area contributed by atoms with Crippen molar-refractivity contribution in [1.29, 1.82) is 0 Å². The number of oxazole rings is 1. The summed E-state index contributed by atoms with van der Waals surface area (Å²) in [7, 11) is 0. The fourth-order valence-electron chi connectivity index (χ4n) is 2.08. The van der Waals surface area contributed by atoms with Crippen molar-refractivity contribution in [3.05, 3.63) is 24.1 Å². The zero-order valence-electron chi connectivity index (χ0n) is 9.14. The Morgan fingerprint density at radius 1 is 1.38 bits per heavy atom. The van der Waals surface area contributed by atoms with Crippen molar-refractivity contribution in [2.24, 2.45) is 0 Å². The predicted molar refractivity (Wildman–Crippen MR) is 60.9 cm³/mol. The maximum atomic E-state index is 5.72. The molecule has 1 aliphatic heterocycles. The van der Waals surface area contributed by atoms with E-state index in [1.54, 1.807) is 0 Å². The summed E-state index contributed by atoms with van der Waals surface area (Å²) in [5.74, 6) is 0.671. The molecule has 0 radical (unpaired) electrons. The number of benzene rings is 1. The lowest BCUT2D eigenvalue weighted by molar-refractivity contribution is 0.0401. The Hall–Kier alpha value is -1.55. The maximum Gasteiger partial charge on any atom is 0.224 e. The molecule has 3 rings (SSSR count). The first-order valence-electron chi connectivity index (χ1n) is 5.54. The van der Waals surface area contributed by atoms with Crippen molar-refractivity contribution in [1.82, 2.24) is 4.98 Å². The molecule has 2 aromatic rings. The fraction of sp³-hybridized carbons (Fsp3) is 0.417. The average molecular weight is 218 g/mol. The number of hydrogen-bond donors (Lipinski definition) is 1. The van der Waals surface area contributed by atoms with Crippen LogP contribution in [0.5, 0.6) is 0 Å². The highest BCUT2D eigenvalue weighted by Crippen LogP contribution is 2.33. The molecule has 84 valence electrons. The number of nitrogens with two attached hydrogens (primary N) is 1. The van der Waals surface area contributed by atoms with Crippen LogP contribution in [-0.2, 0) is 4.74 Å². The summed E-state index contributed by atoms with van der Waals surface area (Å²) in [6.45, 7) is 2.07. The lowest BCUT2D eigenvalue weighted by Gasteiger charge is -2.05. The summed E-state index contributed by atoms with van der Waals surface area (Å²) in [4.78, 5) is 4.42. The van der Waals surface area contributed by atoms with Gasteiger partial charge in [-0.15, -0.1) is 0 Å². The second kappa shape index (κ2) is 3.49. The van der Waals surface area contributed by atoms with Gasteiger partial charge in [-0.05, 0) is 38.0 Å². The second-order valence-corrected chi connectivity index (χ2v) is 4.29. The van der Waals surface area contributed by atoms with Crippen LogP contribution >= 0.6 is 0 Å². The molecular formula is C12H14N2O2. The van der Waals surface area contributed by atoms with Crippen LogP contribution in [0, 0.1) is 0 Å². The predicted octanol–water partition coefficient (Wildman–Crippen LogP) is 2.65. The third-order valence-electron chi connectivity index (χ3n) is 2.94. The van der Waals surface area contributed by atoms with Gasteiger partial charge in [0, 0.05) is 5.69 Å². The highest BCUT2D eigenvalue weighted by Gasteiger charge is 2.27. The van der Waals surface area contributed by atoms with E-state index in [0.29, 0.717) is 17.7 Å². The first-order valence-corrected chi connectivity index (χ1v) is 5.54. The molecule has 4 nitrogen and oxygen atoms in total. The van der Waals surface area contributed by atoms with Crippen molar-refractivity contribution in [3.8, 4) is 0 Å². The lowest BCUT2D eigenvalue weighted by atomic mass is 10.2. The zero-order chi connectivity index (χ0) is 11.1. The summed E-state index contributed by atoms with van der Waals surface area (Å²) in [5.41, 5.74) is 7.97. The first-order chi connectivity index (χ1) is 7.72. The summed E-state index contributed by atoms with van der Waals surface area (Å²) < 4.78 is 11.4. The maximum absolute atomic E-state index is 5.72. The van der Waals surface area contributed by atoms with Gasteiger partial charge in [0.15, 0.2) is 5.58 Å². The van der Waals surface area contributed by atoms with Crippen LogP contribution in [0.3, 0.4) is 0 Å². The minimum atomic E-state index is 0.00336. The SMILES string of the molecule is CC1CCC(c2nc3cc(N)ccc3o2)O1. The van der Waals surface area contributed by atoms with E-state index in [4.69, 9.17) is 14.9 Å². The van der Waals surface area contributed by atoms with Gasteiger partial charge in [0.05, 0.1) is 6.10 Å². The molecule has 1 aromatic carbocycles. The highest BCUT2D eigenvalue weighted by molar-refractivity contribution is 5.76. The molecule has 2 heterocycles. The van der Waals surface area contributed by atoms with Crippen LogP contribution in [-0.4, -0.2) is 11.1 Å². The van der Waals surface area contributed by atoms with Gasteiger partial charge in [0.2, 0.25) is 5.89 Å². The van der Waals surface area contributed by atoms with Crippen LogP contribution in [0.2, 0.25) is 0 Å². The molecule has 2 N–H and O–H groups in total. The van der Waals surface area contributed by atoms with E-state index >= 15 is 0 Å². The van der Waals surface area contributed by atoms with Crippen molar-refractivity contribution < 1.29 is 9.15 Å². The molecule has 1 fully saturated rings. The second-order valence-electron chi connectivity index (χ2n) is 4.29. The highest BCUT2D eigenvalue weighted by atomic mass is 16.5. The van der Waals surface area contributed by atoms with Crippen LogP contribution in [0.15, 0.2) is 22.6 Å². The number of ether oxygens (including phenoxy) is 1. The molecule has 0 spiro atoms. The molecule has 0 bridgehead atoms. The molecule has 0 aliphatic carbocycles. The van der Waals surface area contributed by atoms with Gasteiger partial charge in [0.1, 0.15) is 11.6 Å². The molecule has 1 saturated heterocycles. The number of hydrogen-bond acceptors (Lipinski definition) is 4. The first kappa shape index (κ1) is 9.66. The van der Waals surface area contributed by atoms with Crippen LogP contribution in [0.1, 0.15) is 31.8 Å². The minimum Gasteiger partial charge on any atom is -0.438 e. The summed E-state index contributed by atoms with van der Waals surface area (Å²) in [6, 6.07) is 5.48. The van der Waals surface area contributed by atoms with Crippen LogP contribution in [0.25, 0.3) is 11.1 Å². The number of nitrogens with zero attached hydrogens (tertiary/aromatic N) is 1. The van der Waals surface area contributed by atoms with Crippen molar-refractivity contribution in [2.75, 3.05) is 5.73 Å². The van der Waals surface area contributed by atoms with E-state index in [9.17, 15) is 0 Å². The van der Waals surface area contributed by atoms with Gasteiger partial charge < -0.3 is 14.9 Å². The standard InChI is InChI=1S/C12H14N2O2/c1-7-2-4-11(15-7)12-14-9-6-8(13)3-5-10(9)16-12/h3,5-7,11H,2,4,13H2,1H3. The molecule has 4 heteroatoms. The Balaban J connectivity index is 1.99. The number of fused-ring (bicyclic) bond motifs is 1. The fourth-order valence-corrected chi connectivity index (χ4v) is 2.08. The molecule has 0 saturated carbocycles. The largest absolute Gasteiger partial charge is 0.438 e. The Bertz CT molecular complexity index is 521. The molecule has 1 aliphatic rings. The summed E-state index contributed by atoms with van der Waals surface area (Å²) in [5, 5.41) is 0. The Morgan fingerprint density at radius 2 is 2.25 bits per heavy atom. The molecule has 2 unspecified atom stereocenters. The number of rotatable bonds is 1.